The summed E-state index contributed by atoms with van der Waals surface area (Å²) in [4.78, 5) is 5.07. The van der Waals surface area contributed by atoms with E-state index in [4.69, 9.17) is 4.99 Å². The van der Waals surface area contributed by atoms with Crippen LogP contribution in [0.5, 0.6) is 0 Å². The van der Waals surface area contributed by atoms with Crippen LogP contribution in [0.3, 0.4) is 0 Å². The van der Waals surface area contributed by atoms with E-state index in [1.807, 2.05) is 6.07 Å². The van der Waals surface area contributed by atoms with Crippen LogP contribution in [-0.4, -0.2) is 44.9 Å². The number of halogens is 1. The topological polar surface area (TPSA) is 73.8 Å². The fourth-order valence-corrected chi connectivity index (χ4v) is 5.15. The smallest absolute Gasteiger partial charge is 0.243 e. The van der Waals surface area contributed by atoms with Gasteiger partial charge in [-0.05, 0) is 50.3 Å². The lowest BCUT2D eigenvalue weighted by Gasteiger charge is -2.31. The molecule has 170 valence electrons. The summed E-state index contributed by atoms with van der Waals surface area (Å²) in [5, 5.41) is 6.73. The summed E-state index contributed by atoms with van der Waals surface area (Å²) in [7, 11) is -3.39. The molecule has 0 atom stereocenters. The minimum Gasteiger partial charge on any atom is -0.357 e. The first-order valence-corrected chi connectivity index (χ1v) is 12.1. The molecule has 0 unspecified atom stereocenters. The van der Waals surface area contributed by atoms with Crippen LogP contribution < -0.4 is 10.6 Å². The molecule has 0 saturated carbocycles. The van der Waals surface area contributed by atoms with Gasteiger partial charge in [0.05, 0.1) is 11.4 Å². The van der Waals surface area contributed by atoms with E-state index in [1.54, 1.807) is 28.6 Å². The molecule has 2 N–H and O–H groups in total. The van der Waals surface area contributed by atoms with Gasteiger partial charge in [-0.15, -0.1) is 24.0 Å². The van der Waals surface area contributed by atoms with Crippen molar-refractivity contribution in [3.05, 3.63) is 65.7 Å². The molecule has 31 heavy (non-hydrogen) atoms. The van der Waals surface area contributed by atoms with E-state index in [0.29, 0.717) is 30.4 Å². The Morgan fingerprint density at radius 2 is 1.77 bits per heavy atom. The van der Waals surface area contributed by atoms with Gasteiger partial charge in [0, 0.05) is 26.2 Å². The Morgan fingerprint density at radius 3 is 2.42 bits per heavy atom. The maximum Gasteiger partial charge on any atom is 0.243 e. The van der Waals surface area contributed by atoms with Crippen LogP contribution in [0, 0.1) is 12.8 Å². The molecule has 0 amide bonds. The van der Waals surface area contributed by atoms with Crippen molar-refractivity contribution in [2.45, 2.75) is 38.1 Å². The van der Waals surface area contributed by atoms with E-state index in [1.165, 1.54) is 11.1 Å². The molecule has 2 aromatic carbocycles. The first-order chi connectivity index (χ1) is 14.5. The summed E-state index contributed by atoms with van der Waals surface area (Å²) in [5.41, 5.74) is 2.42. The van der Waals surface area contributed by atoms with Crippen LogP contribution in [-0.2, 0) is 16.6 Å². The number of aliphatic imine (C=N–C) groups is 1. The fraction of sp³-hybridized carbons (Fsp3) is 0.435. The number of piperidine rings is 1. The number of hydrogen-bond acceptors (Lipinski definition) is 3. The van der Waals surface area contributed by atoms with Gasteiger partial charge >= 0.3 is 0 Å². The second kappa shape index (κ2) is 12.4. The molecule has 1 heterocycles. The number of aryl methyl sites for hydroxylation is 1. The highest BCUT2D eigenvalue weighted by atomic mass is 127. The van der Waals surface area contributed by atoms with Crippen LogP contribution in [0.4, 0.5) is 0 Å². The quantitative estimate of drug-likeness (QED) is 0.310. The van der Waals surface area contributed by atoms with Crippen molar-refractivity contribution >= 4 is 40.0 Å². The highest BCUT2D eigenvalue weighted by molar-refractivity contribution is 14.0. The normalized spacial score (nSPS) is 15.9. The van der Waals surface area contributed by atoms with Gasteiger partial charge in [-0.2, -0.15) is 4.31 Å². The molecule has 1 saturated heterocycles. The maximum atomic E-state index is 12.8. The molecule has 0 bridgehead atoms. The van der Waals surface area contributed by atoms with Crippen molar-refractivity contribution in [1.29, 1.82) is 0 Å². The Labute approximate surface area is 203 Å². The zero-order valence-electron chi connectivity index (χ0n) is 18.3. The van der Waals surface area contributed by atoms with Gasteiger partial charge in [0.2, 0.25) is 10.0 Å². The van der Waals surface area contributed by atoms with Gasteiger partial charge < -0.3 is 10.6 Å². The Morgan fingerprint density at radius 1 is 1.06 bits per heavy atom. The van der Waals surface area contributed by atoms with E-state index in [2.05, 4.69) is 48.7 Å². The van der Waals surface area contributed by atoms with Gasteiger partial charge in [-0.3, -0.25) is 0 Å². The molecule has 0 aromatic heterocycles. The van der Waals surface area contributed by atoms with Crippen molar-refractivity contribution in [1.82, 2.24) is 14.9 Å². The van der Waals surface area contributed by atoms with Crippen molar-refractivity contribution in [3.63, 3.8) is 0 Å². The Bertz CT molecular complexity index is 943. The summed E-state index contributed by atoms with van der Waals surface area (Å²) < 4.78 is 27.1. The molecule has 3 rings (SSSR count). The first-order valence-electron chi connectivity index (χ1n) is 10.6. The minimum absolute atomic E-state index is 0. The summed E-state index contributed by atoms with van der Waals surface area (Å²) in [5.74, 6) is 1.23. The lowest BCUT2D eigenvalue weighted by atomic mass is 9.98. The molecule has 6 nitrogen and oxygen atoms in total. The number of sulfonamides is 1. The molecule has 1 aliphatic heterocycles. The molecular formula is C23H33IN4O2S. The molecule has 1 aliphatic rings. The predicted octanol–water partition coefficient (Wildman–Crippen LogP) is 3.77. The number of hydrogen-bond donors (Lipinski definition) is 2. The fourth-order valence-electron chi connectivity index (χ4n) is 3.66. The zero-order chi connectivity index (χ0) is 21.4. The molecule has 0 radical (unpaired) electrons. The highest BCUT2D eigenvalue weighted by Gasteiger charge is 2.29. The molecule has 2 aromatic rings. The standard InChI is InChI=1S/C23H32N4O2S.HI/c1-3-24-23(26-18-21-9-7-8-19(2)16-21)25-17-20-12-14-27(15-13-20)30(28,29)22-10-5-4-6-11-22;/h4-11,16,20H,3,12-15,17-18H2,1-2H3,(H2,24,25,26);1H. The van der Waals surface area contributed by atoms with Crippen molar-refractivity contribution in [2.24, 2.45) is 10.9 Å². The molecule has 8 heteroatoms. The van der Waals surface area contributed by atoms with E-state index >= 15 is 0 Å². The maximum absolute atomic E-state index is 12.8. The SMILES string of the molecule is CCNC(=NCc1cccc(C)c1)NCC1CCN(S(=O)(=O)c2ccccc2)CC1.I. The Kier molecular flexibility index (Phi) is 10.2. The number of nitrogens with one attached hydrogen (secondary N) is 2. The van der Waals surface area contributed by atoms with E-state index < -0.39 is 10.0 Å². The van der Waals surface area contributed by atoms with Gasteiger partial charge in [-0.25, -0.2) is 13.4 Å². The van der Waals surface area contributed by atoms with Gasteiger partial charge in [0.1, 0.15) is 0 Å². The third-order valence-corrected chi connectivity index (χ3v) is 7.27. The second-order valence-electron chi connectivity index (χ2n) is 7.73. The van der Waals surface area contributed by atoms with Gasteiger partial charge in [-0.1, -0.05) is 48.0 Å². The van der Waals surface area contributed by atoms with Crippen LogP contribution >= 0.6 is 24.0 Å². The van der Waals surface area contributed by atoms with E-state index in [0.717, 1.165) is 31.9 Å². The molecule has 0 aliphatic carbocycles. The van der Waals surface area contributed by atoms with Crippen molar-refractivity contribution in [2.75, 3.05) is 26.2 Å². The lowest BCUT2D eigenvalue weighted by molar-refractivity contribution is 0.273. The summed E-state index contributed by atoms with van der Waals surface area (Å²) in [6.45, 7) is 7.47. The summed E-state index contributed by atoms with van der Waals surface area (Å²) in [6, 6.07) is 17.1. The van der Waals surface area contributed by atoms with Crippen molar-refractivity contribution < 1.29 is 8.42 Å². The van der Waals surface area contributed by atoms with Gasteiger partial charge in [0.25, 0.3) is 0 Å². The van der Waals surface area contributed by atoms with E-state index in [-0.39, 0.29) is 24.0 Å². The average Bonchev–Trinajstić information content (AvgIpc) is 2.76. The van der Waals surface area contributed by atoms with Crippen molar-refractivity contribution in [3.8, 4) is 0 Å². The highest BCUT2D eigenvalue weighted by Crippen LogP contribution is 2.23. The average molecular weight is 557 g/mol. The van der Waals surface area contributed by atoms with Gasteiger partial charge in [0.15, 0.2) is 5.96 Å². The van der Waals surface area contributed by atoms with Crippen LogP contribution in [0.2, 0.25) is 0 Å². The summed E-state index contributed by atoms with van der Waals surface area (Å²) >= 11 is 0. The Hall–Kier alpha value is -1.65. The monoisotopic (exact) mass is 556 g/mol. The lowest BCUT2D eigenvalue weighted by Crippen LogP contribution is -2.44. The molecule has 1 fully saturated rings. The number of benzene rings is 2. The first kappa shape index (κ1) is 25.6. The third kappa shape index (κ3) is 7.47. The zero-order valence-corrected chi connectivity index (χ0v) is 21.4. The predicted molar refractivity (Wildman–Crippen MR) is 137 cm³/mol. The molecule has 0 spiro atoms. The van der Waals surface area contributed by atoms with Crippen LogP contribution in [0.1, 0.15) is 30.9 Å². The second-order valence-corrected chi connectivity index (χ2v) is 9.66. The number of guanidine groups is 1. The minimum atomic E-state index is -3.39. The van der Waals surface area contributed by atoms with Crippen LogP contribution in [0.25, 0.3) is 0 Å². The summed E-state index contributed by atoms with van der Waals surface area (Å²) in [6.07, 6.45) is 1.69. The third-order valence-electron chi connectivity index (χ3n) is 5.36. The van der Waals surface area contributed by atoms with E-state index in [9.17, 15) is 8.42 Å². The number of rotatable bonds is 7. The number of nitrogens with zero attached hydrogens (tertiary/aromatic N) is 2. The Balaban J connectivity index is 0.00000341. The van der Waals surface area contributed by atoms with Crippen LogP contribution in [0.15, 0.2) is 64.5 Å². The largest absolute Gasteiger partial charge is 0.357 e. The molecular weight excluding hydrogens is 523 g/mol.